The molecule has 2 atom stereocenters. The molecule has 0 bridgehead atoms. The molecule has 1 saturated heterocycles. The van der Waals surface area contributed by atoms with Crippen LogP contribution in [0, 0.1) is 10.6 Å². The van der Waals surface area contributed by atoms with Crippen LogP contribution in [0.15, 0.2) is 11.0 Å². The second-order valence-corrected chi connectivity index (χ2v) is 8.12. The van der Waals surface area contributed by atoms with Gasteiger partial charge in [0.1, 0.15) is 12.8 Å². The molecule has 2 heterocycles. The zero-order valence-electron chi connectivity index (χ0n) is 11.9. The lowest BCUT2D eigenvalue weighted by atomic mass is 10.2. The fourth-order valence-corrected chi connectivity index (χ4v) is 3.99. The van der Waals surface area contributed by atoms with Gasteiger partial charge in [0.15, 0.2) is 4.77 Å². The van der Waals surface area contributed by atoms with Crippen molar-refractivity contribution in [2.45, 2.75) is 25.2 Å². The number of ether oxygens (including phenoxy) is 1. The topological polar surface area (TPSA) is 167 Å². The SMILES string of the molecule is O=c1[nH]c(=S)n(C2CCC(CO[P+](O)(O)O[P+](O)(O)O)O2)cc1F. The highest BCUT2D eigenvalue weighted by atomic mass is 32.1. The summed E-state index contributed by atoms with van der Waals surface area (Å²) in [6, 6.07) is 0. The highest BCUT2D eigenvalue weighted by molar-refractivity contribution is 7.71. The minimum Gasteiger partial charge on any atom is -0.352 e. The van der Waals surface area contributed by atoms with Crippen LogP contribution in [0.4, 0.5) is 4.39 Å². The first-order valence-electron chi connectivity index (χ1n) is 6.41. The van der Waals surface area contributed by atoms with Crippen molar-refractivity contribution in [3.8, 4) is 0 Å². The summed E-state index contributed by atoms with van der Waals surface area (Å²) in [5.74, 6) is -1.04. The summed E-state index contributed by atoms with van der Waals surface area (Å²) in [6.07, 6.45) is 0.260. The van der Waals surface area contributed by atoms with E-state index in [1.807, 2.05) is 0 Å². The third-order valence-electron chi connectivity index (χ3n) is 2.96. The Labute approximate surface area is 140 Å². The van der Waals surface area contributed by atoms with Crippen molar-refractivity contribution in [1.82, 2.24) is 9.55 Å². The predicted octanol–water partition coefficient (Wildman–Crippen LogP) is 0.0725. The number of hydrogen-bond donors (Lipinski definition) is 6. The lowest BCUT2D eigenvalue weighted by Crippen LogP contribution is -2.21. The third-order valence-corrected chi connectivity index (χ3v) is 5.49. The molecule has 0 spiro atoms. The standard InChI is InChI=1S/C9H14FN2O9P2S/c10-6-3-12(9(24)11-8(6)13)7-2-1-5(20-7)4-19-23(17,18)21-22(14,15)16/h3,5,7,14-18H,1-2,4H2/q+1/p+1. The molecule has 136 valence electrons. The van der Waals surface area contributed by atoms with Gasteiger partial charge >= 0.3 is 16.3 Å². The van der Waals surface area contributed by atoms with E-state index in [2.05, 4.69) is 13.8 Å². The van der Waals surface area contributed by atoms with Gasteiger partial charge in [-0.25, -0.2) is 0 Å². The third kappa shape index (κ3) is 5.55. The van der Waals surface area contributed by atoms with E-state index in [1.54, 1.807) is 0 Å². The molecule has 2 unspecified atom stereocenters. The van der Waals surface area contributed by atoms with Crippen LogP contribution in [-0.2, 0) is 13.6 Å². The zero-order chi connectivity index (χ0) is 18.1. The molecule has 0 saturated carbocycles. The van der Waals surface area contributed by atoms with Gasteiger partial charge in [-0.2, -0.15) is 28.9 Å². The quantitative estimate of drug-likeness (QED) is 0.280. The molecule has 24 heavy (non-hydrogen) atoms. The van der Waals surface area contributed by atoms with E-state index in [0.29, 0.717) is 12.8 Å². The Kier molecular flexibility index (Phi) is 6.17. The Bertz CT molecular complexity index is 705. The molecule has 1 aliphatic heterocycles. The van der Waals surface area contributed by atoms with E-state index >= 15 is 0 Å². The van der Waals surface area contributed by atoms with Crippen molar-refractivity contribution in [3.63, 3.8) is 0 Å². The van der Waals surface area contributed by atoms with Gasteiger partial charge in [0.05, 0.1) is 16.6 Å². The van der Waals surface area contributed by atoms with Crippen LogP contribution < -0.4 is 5.56 Å². The molecule has 11 nitrogen and oxygen atoms in total. The number of nitrogens with zero attached hydrogens (tertiary/aromatic N) is 1. The van der Waals surface area contributed by atoms with Gasteiger partial charge in [-0.3, -0.25) is 14.3 Å². The fourth-order valence-electron chi connectivity index (χ4n) is 2.04. The molecule has 1 fully saturated rings. The molecule has 0 radical (unpaired) electrons. The van der Waals surface area contributed by atoms with Crippen LogP contribution in [0.5, 0.6) is 0 Å². The van der Waals surface area contributed by atoms with Gasteiger partial charge in [-0.05, 0) is 25.1 Å². The number of aromatic nitrogens is 2. The first-order chi connectivity index (χ1) is 11.0. The van der Waals surface area contributed by atoms with E-state index in [1.165, 1.54) is 4.57 Å². The van der Waals surface area contributed by atoms with Crippen LogP contribution in [0.1, 0.15) is 19.1 Å². The van der Waals surface area contributed by atoms with Gasteiger partial charge in [0, 0.05) is 0 Å². The molecule has 6 N–H and O–H groups in total. The molecular formula is C9H15FN2O9P2S+2. The lowest BCUT2D eigenvalue weighted by Gasteiger charge is -2.16. The summed E-state index contributed by atoms with van der Waals surface area (Å²) in [7, 11) is -9.53. The summed E-state index contributed by atoms with van der Waals surface area (Å²) in [5, 5.41) is 0. The number of nitrogens with one attached hydrogen (secondary N) is 1. The molecule has 0 amide bonds. The molecular weight excluding hydrogens is 393 g/mol. The number of aromatic amines is 1. The molecule has 0 aliphatic carbocycles. The smallest absolute Gasteiger partial charge is 0.352 e. The summed E-state index contributed by atoms with van der Waals surface area (Å²) in [4.78, 5) is 57.8. The highest BCUT2D eigenvalue weighted by Crippen LogP contribution is 2.67. The predicted molar refractivity (Wildman–Crippen MR) is 81.0 cm³/mol. The number of halogens is 1. The van der Waals surface area contributed by atoms with Gasteiger partial charge in [0.2, 0.25) is 5.82 Å². The summed E-state index contributed by atoms with van der Waals surface area (Å²) >= 11 is 4.91. The maximum absolute atomic E-state index is 13.3. The van der Waals surface area contributed by atoms with Gasteiger partial charge in [0.25, 0.3) is 5.56 Å². The lowest BCUT2D eigenvalue weighted by molar-refractivity contribution is -0.0270. The summed E-state index contributed by atoms with van der Waals surface area (Å²) in [5.41, 5.74) is -0.953. The van der Waals surface area contributed by atoms with E-state index in [9.17, 15) is 19.0 Å². The van der Waals surface area contributed by atoms with Crippen molar-refractivity contribution in [3.05, 3.63) is 27.1 Å². The van der Waals surface area contributed by atoms with Crippen molar-refractivity contribution in [1.29, 1.82) is 0 Å². The number of hydrogen-bond acceptors (Lipinski definition) is 10. The second kappa shape index (κ2) is 7.44. The minimum absolute atomic E-state index is 0.0436. The molecule has 1 aromatic heterocycles. The summed E-state index contributed by atoms with van der Waals surface area (Å²) < 4.78 is 28.4. The molecule has 1 aliphatic rings. The average Bonchev–Trinajstić information content (AvgIpc) is 2.87. The Morgan fingerprint density at radius 3 is 2.67 bits per heavy atom. The van der Waals surface area contributed by atoms with Crippen LogP contribution in [0.2, 0.25) is 0 Å². The van der Waals surface area contributed by atoms with Crippen molar-refractivity contribution in [2.24, 2.45) is 0 Å². The highest BCUT2D eigenvalue weighted by Gasteiger charge is 2.58. The maximum atomic E-state index is 13.3. The van der Waals surface area contributed by atoms with Gasteiger partial charge in [-0.15, -0.1) is 4.52 Å². The van der Waals surface area contributed by atoms with Crippen LogP contribution >= 0.6 is 28.6 Å². The number of rotatable bonds is 6. The largest absolute Gasteiger partial charge is 0.620 e. The fraction of sp³-hybridized carbons (Fsp3) is 0.556. The second-order valence-electron chi connectivity index (χ2n) is 4.81. The first kappa shape index (κ1) is 19.9. The van der Waals surface area contributed by atoms with Crippen LogP contribution in [-0.4, -0.2) is 46.7 Å². The molecule has 15 heteroatoms. The van der Waals surface area contributed by atoms with E-state index in [4.69, 9.17) is 31.6 Å². The average molecular weight is 408 g/mol. The Hall–Kier alpha value is -0.430. The van der Waals surface area contributed by atoms with Crippen LogP contribution in [0.25, 0.3) is 0 Å². The minimum atomic E-state index is -4.88. The van der Waals surface area contributed by atoms with E-state index in [0.717, 1.165) is 6.20 Å². The Balaban J connectivity index is 1.95. The van der Waals surface area contributed by atoms with E-state index in [-0.39, 0.29) is 4.77 Å². The Morgan fingerprint density at radius 2 is 2.04 bits per heavy atom. The van der Waals surface area contributed by atoms with E-state index < -0.39 is 46.7 Å². The van der Waals surface area contributed by atoms with Crippen molar-refractivity contribution in [2.75, 3.05) is 6.61 Å². The number of H-pyrrole nitrogens is 1. The summed E-state index contributed by atoms with van der Waals surface area (Å²) in [6.45, 7) is -0.406. The molecule has 1 aromatic rings. The van der Waals surface area contributed by atoms with Crippen molar-refractivity contribution < 1.29 is 42.4 Å². The van der Waals surface area contributed by atoms with Gasteiger partial charge in [-0.1, -0.05) is 0 Å². The van der Waals surface area contributed by atoms with Gasteiger partial charge < -0.3 is 4.74 Å². The van der Waals surface area contributed by atoms with Crippen molar-refractivity contribution >= 4 is 28.6 Å². The zero-order valence-corrected chi connectivity index (χ0v) is 14.5. The van der Waals surface area contributed by atoms with Crippen LogP contribution in [0.3, 0.4) is 0 Å². The maximum Gasteiger partial charge on any atom is 0.620 e. The Morgan fingerprint density at radius 1 is 1.38 bits per heavy atom. The monoisotopic (exact) mass is 408 g/mol. The molecule has 0 aromatic carbocycles. The normalized spacial score (nSPS) is 22.1. The first-order valence-corrected chi connectivity index (χ1v) is 9.91. The molecule has 2 rings (SSSR count).